The summed E-state index contributed by atoms with van der Waals surface area (Å²) in [6, 6.07) is 9.19. The third-order valence-electron chi connectivity index (χ3n) is 2.77. The lowest BCUT2D eigenvalue weighted by molar-refractivity contribution is -0.145. The maximum Gasteiger partial charge on any atom is 0.323 e. The van der Waals surface area contributed by atoms with Crippen molar-refractivity contribution < 1.29 is 9.53 Å². The van der Waals surface area contributed by atoms with Crippen molar-refractivity contribution in [2.75, 3.05) is 6.61 Å². The predicted octanol–water partition coefficient (Wildman–Crippen LogP) is 2.54. The van der Waals surface area contributed by atoms with E-state index in [1.807, 2.05) is 30.3 Å². The van der Waals surface area contributed by atoms with E-state index in [9.17, 15) is 4.79 Å². The quantitative estimate of drug-likeness (QED) is 0.597. The van der Waals surface area contributed by atoms with E-state index in [0.29, 0.717) is 18.9 Å². The van der Waals surface area contributed by atoms with E-state index in [1.165, 1.54) is 0 Å². The minimum atomic E-state index is -0.563. The van der Waals surface area contributed by atoms with Gasteiger partial charge in [-0.1, -0.05) is 44.2 Å². The van der Waals surface area contributed by atoms with Gasteiger partial charge < -0.3 is 10.5 Å². The van der Waals surface area contributed by atoms with E-state index >= 15 is 0 Å². The Morgan fingerprint density at radius 1 is 1.28 bits per heavy atom. The molecule has 0 saturated carbocycles. The third kappa shape index (κ3) is 5.82. The molecular formula is C15H23NO2. The molecule has 100 valence electrons. The van der Waals surface area contributed by atoms with Crippen LogP contribution in [-0.4, -0.2) is 18.6 Å². The van der Waals surface area contributed by atoms with Crippen LogP contribution in [0.2, 0.25) is 0 Å². The zero-order valence-corrected chi connectivity index (χ0v) is 11.3. The first-order chi connectivity index (χ1) is 8.59. The van der Waals surface area contributed by atoms with Crippen molar-refractivity contribution in [2.24, 2.45) is 11.7 Å². The molecule has 0 heterocycles. The number of ether oxygens (including phenoxy) is 1. The highest BCUT2D eigenvalue weighted by Crippen LogP contribution is 2.05. The highest BCUT2D eigenvalue weighted by molar-refractivity contribution is 5.75. The molecule has 1 aromatic carbocycles. The first kappa shape index (κ1) is 14.7. The monoisotopic (exact) mass is 249 g/mol. The van der Waals surface area contributed by atoms with Gasteiger partial charge in [0, 0.05) is 0 Å². The van der Waals surface area contributed by atoms with Gasteiger partial charge in [0.25, 0.3) is 0 Å². The number of hydrogen-bond acceptors (Lipinski definition) is 3. The van der Waals surface area contributed by atoms with Crippen LogP contribution in [0, 0.1) is 5.92 Å². The SMILES string of the molecule is CC(C)CCCOC(=O)[C@H](N)Cc1ccccc1. The first-order valence-corrected chi connectivity index (χ1v) is 6.55. The summed E-state index contributed by atoms with van der Waals surface area (Å²) < 4.78 is 5.16. The van der Waals surface area contributed by atoms with Gasteiger partial charge in [-0.05, 0) is 30.7 Å². The van der Waals surface area contributed by atoms with E-state index in [-0.39, 0.29) is 5.97 Å². The van der Waals surface area contributed by atoms with Gasteiger partial charge in [0.05, 0.1) is 6.61 Å². The molecule has 0 aliphatic carbocycles. The van der Waals surface area contributed by atoms with E-state index in [1.54, 1.807) is 0 Å². The molecule has 0 amide bonds. The number of carbonyl (C=O) groups excluding carboxylic acids is 1. The largest absolute Gasteiger partial charge is 0.465 e. The van der Waals surface area contributed by atoms with Crippen molar-refractivity contribution in [3.05, 3.63) is 35.9 Å². The molecule has 3 nitrogen and oxygen atoms in total. The molecule has 0 aromatic heterocycles. The van der Waals surface area contributed by atoms with E-state index < -0.39 is 6.04 Å². The summed E-state index contributed by atoms with van der Waals surface area (Å²) in [7, 11) is 0. The lowest BCUT2D eigenvalue weighted by Crippen LogP contribution is -2.34. The molecule has 0 spiro atoms. The van der Waals surface area contributed by atoms with E-state index in [4.69, 9.17) is 10.5 Å². The predicted molar refractivity (Wildman–Crippen MR) is 73.2 cm³/mol. The zero-order valence-electron chi connectivity index (χ0n) is 11.3. The molecule has 0 radical (unpaired) electrons. The lowest BCUT2D eigenvalue weighted by atomic mass is 10.1. The summed E-state index contributed by atoms with van der Waals surface area (Å²) >= 11 is 0. The number of benzene rings is 1. The minimum absolute atomic E-state index is 0.303. The van der Waals surface area contributed by atoms with Gasteiger partial charge in [0.1, 0.15) is 6.04 Å². The Balaban J connectivity index is 2.25. The first-order valence-electron chi connectivity index (χ1n) is 6.55. The molecule has 1 atom stereocenters. The fourth-order valence-corrected chi connectivity index (χ4v) is 1.72. The average molecular weight is 249 g/mol. The van der Waals surface area contributed by atoms with Crippen LogP contribution in [0.1, 0.15) is 32.3 Å². The lowest BCUT2D eigenvalue weighted by Gasteiger charge is -2.12. The second kappa shape index (κ2) is 7.88. The number of hydrogen-bond donors (Lipinski definition) is 1. The van der Waals surface area contributed by atoms with Crippen molar-refractivity contribution in [1.82, 2.24) is 0 Å². The molecule has 0 aliphatic rings. The van der Waals surface area contributed by atoms with Crippen molar-refractivity contribution in [3.63, 3.8) is 0 Å². The van der Waals surface area contributed by atoms with Crippen LogP contribution < -0.4 is 5.73 Å². The minimum Gasteiger partial charge on any atom is -0.465 e. The standard InChI is InChI=1S/C15H23NO2/c1-12(2)7-6-10-18-15(17)14(16)11-13-8-4-3-5-9-13/h3-5,8-9,12,14H,6-7,10-11,16H2,1-2H3/t14-/m1/s1. The Kier molecular flexibility index (Phi) is 6.44. The Morgan fingerprint density at radius 2 is 1.94 bits per heavy atom. The molecule has 3 heteroatoms. The summed E-state index contributed by atoms with van der Waals surface area (Å²) in [5, 5.41) is 0. The van der Waals surface area contributed by atoms with Crippen LogP contribution in [-0.2, 0) is 16.0 Å². The third-order valence-corrected chi connectivity index (χ3v) is 2.77. The second-order valence-corrected chi connectivity index (χ2v) is 5.00. The molecule has 18 heavy (non-hydrogen) atoms. The highest BCUT2D eigenvalue weighted by Gasteiger charge is 2.15. The van der Waals surface area contributed by atoms with Crippen LogP contribution in [0.5, 0.6) is 0 Å². The van der Waals surface area contributed by atoms with Crippen LogP contribution in [0.4, 0.5) is 0 Å². The molecule has 1 rings (SSSR count). The summed E-state index contributed by atoms with van der Waals surface area (Å²) in [4.78, 5) is 11.6. The Labute approximate surface area is 109 Å². The molecule has 1 aromatic rings. The van der Waals surface area contributed by atoms with Gasteiger partial charge in [0.15, 0.2) is 0 Å². The normalized spacial score (nSPS) is 12.4. The fourth-order valence-electron chi connectivity index (χ4n) is 1.72. The van der Waals surface area contributed by atoms with Crippen LogP contribution in [0.3, 0.4) is 0 Å². The maximum atomic E-state index is 11.6. The summed E-state index contributed by atoms with van der Waals surface area (Å²) in [5.41, 5.74) is 6.88. The van der Waals surface area contributed by atoms with Gasteiger partial charge in [-0.2, -0.15) is 0 Å². The molecular weight excluding hydrogens is 226 g/mol. The number of nitrogens with two attached hydrogens (primary N) is 1. The van der Waals surface area contributed by atoms with E-state index in [2.05, 4.69) is 13.8 Å². The van der Waals surface area contributed by atoms with Crippen molar-refractivity contribution in [2.45, 2.75) is 39.2 Å². The van der Waals surface area contributed by atoms with Crippen LogP contribution in [0.25, 0.3) is 0 Å². The van der Waals surface area contributed by atoms with Crippen LogP contribution >= 0.6 is 0 Å². The maximum absolute atomic E-state index is 11.6. The zero-order chi connectivity index (χ0) is 13.4. The number of esters is 1. The van der Waals surface area contributed by atoms with Crippen molar-refractivity contribution >= 4 is 5.97 Å². The molecule has 0 aliphatic heterocycles. The molecule has 2 N–H and O–H groups in total. The van der Waals surface area contributed by atoms with E-state index in [0.717, 1.165) is 18.4 Å². The number of carbonyl (C=O) groups is 1. The number of rotatable bonds is 7. The van der Waals surface area contributed by atoms with Crippen molar-refractivity contribution in [3.8, 4) is 0 Å². The van der Waals surface area contributed by atoms with Gasteiger partial charge >= 0.3 is 5.97 Å². The van der Waals surface area contributed by atoms with Gasteiger partial charge in [-0.3, -0.25) is 4.79 Å². The smallest absolute Gasteiger partial charge is 0.323 e. The second-order valence-electron chi connectivity index (χ2n) is 5.00. The Hall–Kier alpha value is -1.35. The fraction of sp³-hybridized carbons (Fsp3) is 0.533. The molecule has 0 fully saturated rings. The van der Waals surface area contributed by atoms with Crippen molar-refractivity contribution in [1.29, 1.82) is 0 Å². The molecule has 0 saturated heterocycles. The van der Waals surface area contributed by atoms with Crippen LogP contribution in [0.15, 0.2) is 30.3 Å². The topological polar surface area (TPSA) is 52.3 Å². The summed E-state index contributed by atoms with van der Waals surface area (Å²) in [5.74, 6) is 0.337. The molecule has 0 bridgehead atoms. The Morgan fingerprint density at radius 3 is 2.56 bits per heavy atom. The molecule has 0 unspecified atom stereocenters. The van der Waals surface area contributed by atoms with Gasteiger partial charge in [-0.25, -0.2) is 0 Å². The van der Waals surface area contributed by atoms with Gasteiger partial charge in [0.2, 0.25) is 0 Å². The highest BCUT2D eigenvalue weighted by atomic mass is 16.5. The summed E-state index contributed by atoms with van der Waals surface area (Å²) in [6.45, 7) is 4.78. The average Bonchev–Trinajstić information content (AvgIpc) is 2.35. The Bertz CT molecular complexity index is 349. The summed E-state index contributed by atoms with van der Waals surface area (Å²) in [6.07, 6.45) is 2.51. The van der Waals surface area contributed by atoms with Gasteiger partial charge in [-0.15, -0.1) is 0 Å².